The van der Waals surface area contributed by atoms with Gasteiger partial charge in [0.2, 0.25) is 5.88 Å². The molecule has 0 bridgehead atoms. The SMILES string of the molecule is CCOC(=O)c1ccc(Oc2cccc3c2CCC3O)nc1. The van der Waals surface area contributed by atoms with Crippen molar-refractivity contribution in [2.24, 2.45) is 0 Å². The summed E-state index contributed by atoms with van der Waals surface area (Å²) in [7, 11) is 0. The molecule has 0 spiro atoms. The van der Waals surface area contributed by atoms with Gasteiger partial charge in [-0.2, -0.15) is 0 Å². The molecule has 22 heavy (non-hydrogen) atoms. The Kier molecular flexibility index (Phi) is 4.06. The summed E-state index contributed by atoms with van der Waals surface area (Å²) in [6.07, 6.45) is 2.52. The Balaban J connectivity index is 1.79. The van der Waals surface area contributed by atoms with Gasteiger partial charge in [-0.3, -0.25) is 0 Å². The summed E-state index contributed by atoms with van der Waals surface area (Å²) in [5.41, 5.74) is 2.33. The first-order valence-electron chi connectivity index (χ1n) is 7.30. The Labute approximate surface area is 128 Å². The lowest BCUT2D eigenvalue weighted by molar-refractivity contribution is 0.0526. The summed E-state index contributed by atoms with van der Waals surface area (Å²) in [6.45, 7) is 2.09. The van der Waals surface area contributed by atoms with Crippen molar-refractivity contribution >= 4 is 5.97 Å². The predicted octanol–water partition coefficient (Wildman–Crippen LogP) is 3.03. The molecule has 1 aromatic heterocycles. The molecule has 0 amide bonds. The van der Waals surface area contributed by atoms with E-state index in [-0.39, 0.29) is 0 Å². The van der Waals surface area contributed by atoms with Crippen LogP contribution in [0.4, 0.5) is 0 Å². The third kappa shape index (κ3) is 2.80. The zero-order valence-electron chi connectivity index (χ0n) is 12.3. The number of benzene rings is 1. The number of fused-ring (bicyclic) bond motifs is 1. The average molecular weight is 299 g/mol. The highest BCUT2D eigenvalue weighted by Crippen LogP contribution is 2.38. The number of aromatic nitrogens is 1. The first kappa shape index (κ1) is 14.5. The molecule has 5 heteroatoms. The summed E-state index contributed by atoms with van der Waals surface area (Å²) in [4.78, 5) is 15.7. The van der Waals surface area contributed by atoms with E-state index in [1.54, 1.807) is 19.1 Å². The van der Waals surface area contributed by atoms with Gasteiger partial charge in [-0.25, -0.2) is 9.78 Å². The summed E-state index contributed by atoms with van der Waals surface area (Å²) in [5, 5.41) is 9.90. The van der Waals surface area contributed by atoms with Crippen LogP contribution in [0.2, 0.25) is 0 Å². The van der Waals surface area contributed by atoms with Crippen molar-refractivity contribution in [2.75, 3.05) is 6.61 Å². The highest BCUT2D eigenvalue weighted by molar-refractivity contribution is 5.89. The van der Waals surface area contributed by atoms with E-state index in [1.807, 2.05) is 18.2 Å². The number of hydrogen-bond acceptors (Lipinski definition) is 5. The molecule has 0 radical (unpaired) electrons. The Bertz CT molecular complexity index is 682. The van der Waals surface area contributed by atoms with Crippen molar-refractivity contribution in [3.05, 3.63) is 53.2 Å². The second kappa shape index (κ2) is 6.15. The molecule has 1 atom stereocenters. The van der Waals surface area contributed by atoms with Gasteiger partial charge in [0.1, 0.15) is 5.75 Å². The molecular weight excluding hydrogens is 282 g/mol. The smallest absolute Gasteiger partial charge is 0.339 e. The third-order valence-electron chi connectivity index (χ3n) is 3.66. The fourth-order valence-corrected chi connectivity index (χ4v) is 2.58. The number of aliphatic hydroxyl groups excluding tert-OH is 1. The monoisotopic (exact) mass is 299 g/mol. The van der Waals surface area contributed by atoms with Crippen LogP contribution in [0, 0.1) is 0 Å². The third-order valence-corrected chi connectivity index (χ3v) is 3.66. The minimum atomic E-state index is -0.419. The predicted molar refractivity (Wildman–Crippen MR) is 80.0 cm³/mol. The highest BCUT2D eigenvalue weighted by atomic mass is 16.5. The Morgan fingerprint density at radius 2 is 2.23 bits per heavy atom. The Morgan fingerprint density at radius 3 is 2.95 bits per heavy atom. The van der Waals surface area contributed by atoms with Crippen LogP contribution < -0.4 is 4.74 Å². The summed E-state index contributed by atoms with van der Waals surface area (Å²) in [5.74, 6) is 0.707. The maximum absolute atomic E-state index is 11.6. The number of ether oxygens (including phenoxy) is 2. The molecule has 1 aliphatic carbocycles. The molecule has 2 aromatic rings. The van der Waals surface area contributed by atoms with Gasteiger partial charge in [0.05, 0.1) is 18.3 Å². The Morgan fingerprint density at radius 1 is 1.36 bits per heavy atom. The van der Waals surface area contributed by atoms with Gasteiger partial charge in [-0.15, -0.1) is 0 Å². The minimum absolute atomic E-state index is 0.329. The highest BCUT2D eigenvalue weighted by Gasteiger charge is 2.23. The topological polar surface area (TPSA) is 68.7 Å². The molecule has 0 fully saturated rings. The van der Waals surface area contributed by atoms with Crippen LogP contribution >= 0.6 is 0 Å². The molecule has 1 aliphatic rings. The average Bonchev–Trinajstić information content (AvgIpc) is 2.91. The van der Waals surface area contributed by atoms with Crippen molar-refractivity contribution in [1.29, 1.82) is 0 Å². The zero-order valence-corrected chi connectivity index (χ0v) is 12.3. The van der Waals surface area contributed by atoms with E-state index >= 15 is 0 Å². The van der Waals surface area contributed by atoms with Gasteiger partial charge in [0.25, 0.3) is 0 Å². The van der Waals surface area contributed by atoms with E-state index in [2.05, 4.69) is 4.98 Å². The van der Waals surface area contributed by atoms with Crippen LogP contribution in [0.15, 0.2) is 36.5 Å². The van der Waals surface area contributed by atoms with Crippen LogP contribution in [0.1, 0.15) is 40.9 Å². The number of hydrogen-bond donors (Lipinski definition) is 1. The van der Waals surface area contributed by atoms with Crippen molar-refractivity contribution in [3.63, 3.8) is 0 Å². The van der Waals surface area contributed by atoms with Crippen molar-refractivity contribution in [3.8, 4) is 11.6 Å². The van der Waals surface area contributed by atoms with Gasteiger partial charge in [-0.1, -0.05) is 12.1 Å². The first-order valence-corrected chi connectivity index (χ1v) is 7.30. The van der Waals surface area contributed by atoms with Gasteiger partial charge in [0, 0.05) is 17.8 Å². The maximum atomic E-state index is 11.6. The molecule has 0 aliphatic heterocycles. The maximum Gasteiger partial charge on any atom is 0.339 e. The van der Waals surface area contributed by atoms with E-state index in [1.165, 1.54) is 6.20 Å². The molecule has 3 rings (SSSR count). The lowest BCUT2D eigenvalue weighted by atomic mass is 10.1. The Hall–Kier alpha value is -2.40. The number of rotatable bonds is 4. The number of carbonyl (C=O) groups is 1. The normalized spacial score (nSPS) is 16.2. The lowest BCUT2D eigenvalue weighted by Gasteiger charge is -2.10. The number of nitrogens with zero attached hydrogens (tertiary/aromatic N) is 1. The van der Waals surface area contributed by atoms with Crippen molar-refractivity contribution in [2.45, 2.75) is 25.9 Å². The second-order valence-electron chi connectivity index (χ2n) is 5.09. The molecule has 1 N–H and O–H groups in total. The minimum Gasteiger partial charge on any atom is -0.462 e. The quantitative estimate of drug-likeness (QED) is 0.879. The summed E-state index contributed by atoms with van der Waals surface area (Å²) < 4.78 is 10.7. The number of pyridine rings is 1. The van der Waals surface area contributed by atoms with E-state index in [0.717, 1.165) is 17.5 Å². The number of carbonyl (C=O) groups excluding carboxylic acids is 1. The van der Waals surface area contributed by atoms with Crippen LogP contribution in [-0.4, -0.2) is 22.7 Å². The van der Waals surface area contributed by atoms with E-state index in [0.29, 0.717) is 30.2 Å². The van der Waals surface area contributed by atoms with Crippen LogP contribution in [0.3, 0.4) is 0 Å². The lowest BCUT2D eigenvalue weighted by Crippen LogP contribution is -2.05. The molecule has 0 saturated carbocycles. The molecule has 0 saturated heterocycles. The molecule has 114 valence electrons. The zero-order chi connectivity index (χ0) is 15.5. The van der Waals surface area contributed by atoms with E-state index in [9.17, 15) is 9.90 Å². The fourth-order valence-electron chi connectivity index (χ4n) is 2.58. The summed E-state index contributed by atoms with van der Waals surface area (Å²) >= 11 is 0. The molecule has 1 aromatic carbocycles. The number of aliphatic hydroxyl groups is 1. The van der Waals surface area contributed by atoms with Crippen molar-refractivity contribution < 1.29 is 19.4 Å². The standard InChI is InChI=1S/C17H17NO4/c1-2-21-17(20)11-6-9-16(18-10-11)22-15-5-3-4-12-13(15)7-8-14(12)19/h3-6,9-10,14,19H,2,7-8H2,1H3. The fraction of sp³-hybridized carbons (Fsp3) is 0.294. The molecule has 1 unspecified atom stereocenters. The van der Waals surface area contributed by atoms with Gasteiger partial charge in [-0.05, 0) is 37.5 Å². The van der Waals surface area contributed by atoms with E-state index < -0.39 is 12.1 Å². The van der Waals surface area contributed by atoms with Crippen LogP contribution in [0.25, 0.3) is 0 Å². The molecular formula is C17H17NO4. The summed E-state index contributed by atoms with van der Waals surface area (Å²) in [6, 6.07) is 8.89. The van der Waals surface area contributed by atoms with Gasteiger partial charge >= 0.3 is 5.97 Å². The van der Waals surface area contributed by atoms with Gasteiger partial charge < -0.3 is 14.6 Å². The number of esters is 1. The van der Waals surface area contributed by atoms with Gasteiger partial charge in [0.15, 0.2) is 0 Å². The molecule has 5 nitrogen and oxygen atoms in total. The second-order valence-corrected chi connectivity index (χ2v) is 5.09. The van der Waals surface area contributed by atoms with Crippen LogP contribution in [0.5, 0.6) is 11.6 Å². The van der Waals surface area contributed by atoms with Crippen LogP contribution in [-0.2, 0) is 11.2 Å². The largest absolute Gasteiger partial charge is 0.462 e. The van der Waals surface area contributed by atoms with E-state index in [4.69, 9.17) is 9.47 Å². The first-order chi connectivity index (χ1) is 10.7. The van der Waals surface area contributed by atoms with Crippen molar-refractivity contribution in [1.82, 2.24) is 4.98 Å². The molecule has 1 heterocycles.